The number of hydrogen-bond acceptors (Lipinski definition) is 16. The summed E-state index contributed by atoms with van der Waals surface area (Å²) < 4.78 is 49.8. The maximum Gasteiger partial charge on any atom is 0.253 e. The molecule has 2 heterocycles. The Morgan fingerprint density at radius 3 is 1.73 bits per heavy atom. The zero-order chi connectivity index (χ0) is 44.0. The van der Waals surface area contributed by atoms with E-state index in [1.807, 2.05) is 27.7 Å². The van der Waals surface area contributed by atoms with Crippen LogP contribution in [-0.2, 0) is 41.9 Å². The van der Waals surface area contributed by atoms with E-state index in [2.05, 4.69) is 30.7 Å². The number of aromatic hydroxyl groups is 2. The van der Waals surface area contributed by atoms with Crippen molar-refractivity contribution in [3.8, 4) is 22.9 Å². The lowest BCUT2D eigenvalue weighted by atomic mass is 10.0. The quantitative estimate of drug-likeness (QED) is 0.0183. The molecular formula is C40H54N8O10S2. The number of nitrogens with zero attached hydrogens (tertiary/aromatic N) is 6. The molecule has 0 aliphatic heterocycles. The van der Waals surface area contributed by atoms with Gasteiger partial charge in [0.2, 0.25) is 21.8 Å². The maximum atomic E-state index is 14.1. The molecule has 2 aromatic carbocycles. The second-order valence-electron chi connectivity index (χ2n) is 14.0. The number of nitrogens with one attached hydrogen (secondary N) is 2. The van der Waals surface area contributed by atoms with Crippen molar-refractivity contribution < 1.29 is 37.4 Å². The Balaban J connectivity index is 1.79. The highest BCUT2D eigenvalue weighted by Gasteiger charge is 2.23. The highest BCUT2D eigenvalue weighted by atomic mass is 32.2. The third-order valence-electron chi connectivity index (χ3n) is 8.72. The fourth-order valence-corrected chi connectivity index (χ4v) is 7.60. The minimum atomic E-state index is -4.22. The third-order valence-corrected chi connectivity index (χ3v) is 10.9. The van der Waals surface area contributed by atoms with Gasteiger partial charge in [-0.25, -0.2) is 13.1 Å². The fraction of sp³-hybridized carbons (Fsp3) is 0.450. The van der Waals surface area contributed by atoms with Gasteiger partial charge in [-0.2, -0.15) is 15.7 Å². The first-order valence-electron chi connectivity index (χ1n) is 19.5. The van der Waals surface area contributed by atoms with Crippen molar-refractivity contribution in [2.75, 3.05) is 26.3 Å². The van der Waals surface area contributed by atoms with Crippen LogP contribution < -0.4 is 21.3 Å². The van der Waals surface area contributed by atoms with Crippen LogP contribution in [0.15, 0.2) is 88.4 Å². The van der Waals surface area contributed by atoms with Gasteiger partial charge in [0.25, 0.3) is 11.1 Å². The predicted octanol–water partition coefficient (Wildman–Crippen LogP) is 7.94. The first-order chi connectivity index (χ1) is 28.6. The van der Waals surface area contributed by atoms with Gasteiger partial charge in [-0.3, -0.25) is 18.7 Å². The number of hydrogen-bond donors (Lipinski definition) is 4. The van der Waals surface area contributed by atoms with Crippen LogP contribution in [0.3, 0.4) is 0 Å². The monoisotopic (exact) mass is 870 g/mol. The Bertz CT molecular complexity index is 2380. The molecule has 4 rings (SSSR count). The minimum absolute atomic E-state index is 0.0190. The fourth-order valence-electron chi connectivity index (χ4n) is 5.69. The number of sulfonamides is 1. The zero-order valence-corrected chi connectivity index (χ0v) is 36.7. The summed E-state index contributed by atoms with van der Waals surface area (Å²) in [5.41, 5.74) is 4.03. The Kier molecular flexibility index (Phi) is 18.1. The molecule has 326 valence electrons. The molecule has 0 saturated heterocycles. The highest BCUT2D eigenvalue weighted by molar-refractivity contribution is 7.94. The van der Waals surface area contributed by atoms with Crippen molar-refractivity contribution in [1.29, 1.82) is 0 Å². The Morgan fingerprint density at radius 1 is 0.717 bits per heavy atom. The van der Waals surface area contributed by atoms with Crippen molar-refractivity contribution in [3.05, 3.63) is 80.4 Å². The molecule has 0 spiro atoms. The van der Waals surface area contributed by atoms with Gasteiger partial charge in [-0.05, 0) is 109 Å². The Morgan fingerprint density at radius 2 is 1.22 bits per heavy atom. The lowest BCUT2D eigenvalue weighted by molar-refractivity contribution is -0.245. The standard InChI is InChI=1S/C40H54N8O10S2/c1-9-47-35(49)21-27(7)37(39(47)51)45-43-29-13-15-31(33(23-29)59-58-57-41-17-11-19-55-25(3)4)32-16-14-30(24-34(32)60(53,54)42-18-12-20-56-26(5)6)44-46-38-28(8)22-36(50)48(10-2)40(38)52/h13-16,21-26,41-42,51-52H,9-12,17-20H2,1-8H3. The first-order valence-corrected chi connectivity index (χ1v) is 21.7. The Labute approximate surface area is 353 Å². The van der Waals surface area contributed by atoms with Crippen LogP contribution in [0.5, 0.6) is 11.8 Å². The van der Waals surface area contributed by atoms with E-state index in [4.69, 9.17) is 18.8 Å². The van der Waals surface area contributed by atoms with Crippen LogP contribution >= 0.6 is 12.0 Å². The molecular weight excluding hydrogens is 817 g/mol. The van der Waals surface area contributed by atoms with Crippen molar-refractivity contribution in [1.82, 2.24) is 19.3 Å². The van der Waals surface area contributed by atoms with E-state index < -0.39 is 15.6 Å². The molecule has 0 radical (unpaired) electrons. The largest absolute Gasteiger partial charge is 0.493 e. The van der Waals surface area contributed by atoms with Crippen LogP contribution in [0.4, 0.5) is 22.7 Å². The lowest BCUT2D eigenvalue weighted by Crippen LogP contribution is -2.26. The summed E-state index contributed by atoms with van der Waals surface area (Å²) in [6.07, 6.45) is 1.13. The van der Waals surface area contributed by atoms with E-state index in [0.29, 0.717) is 59.9 Å². The molecule has 0 saturated carbocycles. The molecule has 60 heavy (non-hydrogen) atoms. The van der Waals surface area contributed by atoms with Crippen LogP contribution in [0.1, 0.15) is 65.5 Å². The van der Waals surface area contributed by atoms with Crippen LogP contribution in [0, 0.1) is 13.8 Å². The number of azo groups is 2. The van der Waals surface area contributed by atoms with Crippen LogP contribution in [0.25, 0.3) is 11.1 Å². The van der Waals surface area contributed by atoms with Gasteiger partial charge in [0.1, 0.15) is 11.4 Å². The zero-order valence-electron chi connectivity index (χ0n) is 35.1. The first kappa shape index (κ1) is 47.9. The van der Waals surface area contributed by atoms with E-state index in [-0.39, 0.29) is 76.7 Å². The van der Waals surface area contributed by atoms with Gasteiger partial charge in [0, 0.05) is 62.0 Å². The normalized spacial score (nSPS) is 12.2. The molecule has 0 atom stereocenters. The molecule has 0 fully saturated rings. The number of rotatable bonds is 23. The minimum Gasteiger partial charge on any atom is -0.493 e. The molecule has 2 aromatic heterocycles. The summed E-state index contributed by atoms with van der Waals surface area (Å²) in [5, 5.41) is 38.6. The molecule has 0 aliphatic rings. The number of hydroxylamine groups is 1. The Hall–Kier alpha value is -4.80. The average molecular weight is 871 g/mol. The number of aromatic nitrogens is 2. The number of benzene rings is 2. The van der Waals surface area contributed by atoms with E-state index in [0.717, 1.165) is 16.6 Å². The van der Waals surface area contributed by atoms with Crippen LogP contribution in [0.2, 0.25) is 0 Å². The molecule has 18 nitrogen and oxygen atoms in total. The summed E-state index contributed by atoms with van der Waals surface area (Å²) in [6, 6.07) is 12.0. The van der Waals surface area contributed by atoms with E-state index in [9.17, 15) is 28.2 Å². The summed E-state index contributed by atoms with van der Waals surface area (Å²) in [4.78, 5) is 30.2. The highest BCUT2D eigenvalue weighted by Crippen LogP contribution is 2.41. The summed E-state index contributed by atoms with van der Waals surface area (Å²) in [5.74, 6) is -0.690. The van der Waals surface area contributed by atoms with Gasteiger partial charge in [-0.1, -0.05) is 12.1 Å². The molecule has 4 aromatic rings. The van der Waals surface area contributed by atoms with Gasteiger partial charge < -0.3 is 19.7 Å². The third kappa shape index (κ3) is 13.1. The SMILES string of the molecule is CCn1c(O)c(N=Nc2ccc(-c3ccc(N=Nc4c(C)cc(=O)n(CC)c4O)cc3S(=O)(=O)NCCCOC(C)C)c(SOONCCCOC(C)C)c2)c(C)cc1=O. The molecule has 20 heteroatoms. The summed E-state index contributed by atoms with van der Waals surface area (Å²) in [7, 11) is -4.22. The van der Waals surface area contributed by atoms with Gasteiger partial charge in [0.15, 0.2) is 0 Å². The smallest absolute Gasteiger partial charge is 0.253 e. The summed E-state index contributed by atoms with van der Waals surface area (Å²) in [6.45, 7) is 16.1. The molecule has 0 aliphatic carbocycles. The molecule has 0 amide bonds. The summed E-state index contributed by atoms with van der Waals surface area (Å²) >= 11 is 0.785. The lowest BCUT2D eigenvalue weighted by Gasteiger charge is -2.16. The molecule has 0 bridgehead atoms. The topological polar surface area (TPSA) is 229 Å². The van der Waals surface area contributed by atoms with Crippen molar-refractivity contribution >= 4 is 44.8 Å². The average Bonchev–Trinajstić information content (AvgIpc) is 3.18. The number of aryl methyl sites for hydroxylation is 2. The van der Waals surface area contributed by atoms with E-state index in [1.54, 1.807) is 58.0 Å². The number of ether oxygens (including phenoxy) is 2. The van der Waals surface area contributed by atoms with E-state index >= 15 is 0 Å². The molecule has 0 unspecified atom stereocenters. The van der Waals surface area contributed by atoms with E-state index in [1.165, 1.54) is 22.8 Å². The second kappa shape index (κ2) is 22.7. The van der Waals surface area contributed by atoms with Crippen molar-refractivity contribution in [2.45, 2.75) is 103 Å². The maximum absolute atomic E-state index is 14.1. The van der Waals surface area contributed by atoms with Gasteiger partial charge in [0.05, 0.1) is 40.5 Å². The van der Waals surface area contributed by atoms with Gasteiger partial charge in [-0.15, -0.1) is 19.6 Å². The predicted molar refractivity (Wildman–Crippen MR) is 228 cm³/mol. The van der Waals surface area contributed by atoms with Gasteiger partial charge >= 0.3 is 0 Å². The second-order valence-corrected chi connectivity index (χ2v) is 16.5. The molecule has 4 N–H and O–H groups in total. The van der Waals surface area contributed by atoms with Crippen molar-refractivity contribution in [3.63, 3.8) is 0 Å². The number of pyridine rings is 2. The van der Waals surface area contributed by atoms with Crippen LogP contribution in [-0.4, -0.2) is 66.3 Å². The van der Waals surface area contributed by atoms with Crippen molar-refractivity contribution in [2.24, 2.45) is 20.5 Å².